The first-order chi connectivity index (χ1) is 14.9. The van der Waals surface area contributed by atoms with Gasteiger partial charge in [-0.3, -0.25) is 4.79 Å². The third-order valence-electron chi connectivity index (χ3n) is 4.11. The summed E-state index contributed by atoms with van der Waals surface area (Å²) in [6.07, 6.45) is -13.1. The number of nitrogens with one attached hydrogen (secondary N) is 2. The number of rotatable bonds is 5. The van der Waals surface area contributed by atoms with Crippen LogP contribution < -0.4 is 10.6 Å². The SMILES string of the molecule is CNc1cccc(C(=O)Nc2c(Br)cc(C(F)(C(F)(F)F)C(F)(F)F)cc2SC(F)(F)F)c1. The third kappa shape index (κ3) is 5.86. The summed E-state index contributed by atoms with van der Waals surface area (Å²) < 4.78 is 131. The zero-order valence-corrected chi connectivity index (χ0v) is 18.3. The van der Waals surface area contributed by atoms with Crippen LogP contribution in [-0.2, 0) is 5.67 Å². The van der Waals surface area contributed by atoms with Crippen molar-refractivity contribution in [2.45, 2.75) is 28.4 Å². The minimum Gasteiger partial charge on any atom is -0.388 e. The molecule has 0 bridgehead atoms. The summed E-state index contributed by atoms with van der Waals surface area (Å²) in [6.45, 7) is 0. The molecule has 2 aromatic rings. The minimum atomic E-state index is -6.54. The number of hydrogen-bond donors (Lipinski definition) is 2. The van der Waals surface area contributed by atoms with Crippen molar-refractivity contribution in [3.05, 3.63) is 52.0 Å². The Morgan fingerprint density at radius 2 is 1.48 bits per heavy atom. The molecule has 0 aliphatic carbocycles. The van der Waals surface area contributed by atoms with Crippen molar-refractivity contribution in [2.75, 3.05) is 17.7 Å². The molecule has 15 heteroatoms. The molecule has 0 fully saturated rings. The lowest BCUT2D eigenvalue weighted by Gasteiger charge is -2.31. The van der Waals surface area contributed by atoms with Crippen LogP contribution in [0, 0.1) is 0 Å². The predicted octanol–water partition coefficient (Wildman–Crippen LogP) is 7.64. The van der Waals surface area contributed by atoms with Crippen LogP contribution in [0.5, 0.6) is 0 Å². The van der Waals surface area contributed by atoms with E-state index in [-0.39, 0.29) is 17.7 Å². The fourth-order valence-corrected chi connectivity index (χ4v) is 3.99. The Labute approximate surface area is 192 Å². The van der Waals surface area contributed by atoms with Crippen molar-refractivity contribution in [1.82, 2.24) is 0 Å². The van der Waals surface area contributed by atoms with E-state index in [9.17, 15) is 48.7 Å². The van der Waals surface area contributed by atoms with Crippen LogP contribution >= 0.6 is 27.7 Å². The van der Waals surface area contributed by atoms with Gasteiger partial charge in [-0.15, -0.1) is 0 Å². The fourth-order valence-electron chi connectivity index (χ4n) is 2.60. The van der Waals surface area contributed by atoms with Crippen LogP contribution in [0.15, 0.2) is 45.8 Å². The van der Waals surface area contributed by atoms with Crippen LogP contribution in [0.4, 0.5) is 55.3 Å². The van der Waals surface area contributed by atoms with Crippen LogP contribution in [0.3, 0.4) is 0 Å². The van der Waals surface area contributed by atoms with Gasteiger partial charge in [0, 0.05) is 33.2 Å². The van der Waals surface area contributed by atoms with E-state index in [4.69, 9.17) is 0 Å². The van der Waals surface area contributed by atoms with E-state index in [2.05, 4.69) is 21.2 Å². The molecule has 0 heterocycles. The molecule has 0 aliphatic rings. The second-order valence-corrected chi connectivity index (χ2v) is 8.28. The quantitative estimate of drug-likeness (QED) is 0.286. The molecule has 1 amide bonds. The second kappa shape index (κ2) is 9.24. The molecule has 0 aromatic heterocycles. The van der Waals surface area contributed by atoms with Crippen LogP contribution in [0.1, 0.15) is 15.9 Å². The molecule has 0 saturated carbocycles. The lowest BCUT2D eigenvalue weighted by molar-refractivity contribution is -0.348. The second-order valence-electron chi connectivity index (χ2n) is 6.32. The standard InChI is InChI=1S/C18H11BrF10N2OS/c1-30-10-4-2-3-8(5-10)14(32)31-13-11(19)6-9(7-12(13)33-18(27,28)29)15(20,16(21,22)23)17(24,25)26/h2-7,30H,1H3,(H,31,32). The van der Waals surface area contributed by atoms with Crippen molar-refractivity contribution >= 4 is 45.0 Å². The highest BCUT2D eigenvalue weighted by Gasteiger charge is 2.73. The van der Waals surface area contributed by atoms with Gasteiger partial charge >= 0.3 is 23.5 Å². The molecule has 0 radical (unpaired) electrons. The Kier molecular flexibility index (Phi) is 7.58. The lowest BCUT2D eigenvalue weighted by atomic mass is 9.94. The number of benzene rings is 2. The number of carbonyl (C=O) groups excluding carboxylic acids is 1. The van der Waals surface area contributed by atoms with Gasteiger partial charge < -0.3 is 10.6 Å². The van der Waals surface area contributed by atoms with E-state index in [1.807, 2.05) is 5.32 Å². The highest BCUT2D eigenvalue weighted by Crippen LogP contribution is 2.55. The minimum absolute atomic E-state index is 0.0149. The van der Waals surface area contributed by atoms with Gasteiger partial charge in [-0.2, -0.15) is 39.5 Å². The number of alkyl halides is 10. The van der Waals surface area contributed by atoms with E-state index < -0.39 is 61.8 Å². The first kappa shape index (κ1) is 27.1. The maximum Gasteiger partial charge on any atom is 0.446 e. The van der Waals surface area contributed by atoms with Gasteiger partial charge in [0.2, 0.25) is 0 Å². The highest BCUT2D eigenvalue weighted by atomic mass is 79.9. The summed E-state index contributed by atoms with van der Waals surface area (Å²) in [4.78, 5) is 11.2. The normalized spacial score (nSPS) is 13.1. The molecule has 0 spiro atoms. The Balaban J connectivity index is 2.66. The van der Waals surface area contributed by atoms with Gasteiger partial charge in [-0.05, 0) is 58.0 Å². The first-order valence-electron chi connectivity index (χ1n) is 8.42. The number of carbonyl (C=O) groups is 1. The molecule has 0 atom stereocenters. The highest BCUT2D eigenvalue weighted by molar-refractivity contribution is 9.10. The van der Waals surface area contributed by atoms with Gasteiger partial charge in [-0.1, -0.05) is 6.07 Å². The zero-order chi connectivity index (χ0) is 25.4. The maximum atomic E-state index is 14.4. The molecule has 3 nitrogen and oxygen atoms in total. The van der Waals surface area contributed by atoms with Crippen molar-refractivity contribution in [1.29, 1.82) is 0 Å². The lowest BCUT2D eigenvalue weighted by Crippen LogP contribution is -2.50. The van der Waals surface area contributed by atoms with Crippen molar-refractivity contribution < 1.29 is 48.7 Å². The Hall–Kier alpha value is -2.16. The van der Waals surface area contributed by atoms with E-state index in [0.29, 0.717) is 5.69 Å². The number of anilines is 2. The monoisotopic (exact) mass is 572 g/mol. The Bertz CT molecular complexity index is 1020. The van der Waals surface area contributed by atoms with Crippen LogP contribution in [-0.4, -0.2) is 30.8 Å². The topological polar surface area (TPSA) is 41.1 Å². The molecular formula is C18H11BrF10N2OS. The number of hydrogen-bond acceptors (Lipinski definition) is 3. The average molecular weight is 573 g/mol. The fraction of sp³-hybridized carbons (Fsp3) is 0.278. The molecule has 2 rings (SSSR count). The van der Waals surface area contributed by atoms with E-state index in [1.54, 1.807) is 6.07 Å². The third-order valence-corrected chi connectivity index (χ3v) is 5.51. The maximum absolute atomic E-state index is 14.4. The number of thioether (sulfide) groups is 1. The smallest absolute Gasteiger partial charge is 0.388 e. The van der Waals surface area contributed by atoms with Gasteiger partial charge in [-0.25, -0.2) is 4.39 Å². The van der Waals surface area contributed by atoms with Crippen molar-refractivity contribution in [3.63, 3.8) is 0 Å². The van der Waals surface area contributed by atoms with Gasteiger partial charge in [0.15, 0.2) is 0 Å². The van der Waals surface area contributed by atoms with Gasteiger partial charge in [0.1, 0.15) is 0 Å². The van der Waals surface area contributed by atoms with E-state index in [1.165, 1.54) is 25.2 Å². The molecule has 182 valence electrons. The van der Waals surface area contributed by atoms with Crippen molar-refractivity contribution in [3.8, 4) is 0 Å². The first-order valence-corrected chi connectivity index (χ1v) is 10.0. The molecule has 2 aromatic carbocycles. The number of amides is 1. The summed E-state index contributed by atoms with van der Waals surface area (Å²) in [5.74, 6) is -1.03. The molecule has 2 N–H and O–H groups in total. The summed E-state index contributed by atoms with van der Waals surface area (Å²) in [5.41, 5.74) is -13.8. The Morgan fingerprint density at radius 1 is 0.909 bits per heavy atom. The summed E-state index contributed by atoms with van der Waals surface area (Å²) >= 11 is 1.43. The molecule has 0 unspecified atom stereocenters. The van der Waals surface area contributed by atoms with Crippen LogP contribution in [0.25, 0.3) is 0 Å². The van der Waals surface area contributed by atoms with Crippen molar-refractivity contribution in [2.24, 2.45) is 0 Å². The molecule has 33 heavy (non-hydrogen) atoms. The molecular weight excluding hydrogens is 562 g/mol. The van der Waals surface area contributed by atoms with E-state index in [0.717, 1.165) is 0 Å². The number of halogens is 11. The zero-order valence-electron chi connectivity index (χ0n) is 15.9. The molecule has 0 aliphatic heterocycles. The van der Waals surface area contributed by atoms with Crippen LogP contribution in [0.2, 0.25) is 0 Å². The summed E-state index contributed by atoms with van der Waals surface area (Å²) in [6, 6.07) is 5.27. The molecule has 0 saturated heterocycles. The summed E-state index contributed by atoms with van der Waals surface area (Å²) in [7, 11) is 1.51. The van der Waals surface area contributed by atoms with E-state index >= 15 is 0 Å². The van der Waals surface area contributed by atoms with Gasteiger partial charge in [0.25, 0.3) is 5.91 Å². The average Bonchev–Trinajstić information content (AvgIpc) is 2.66. The summed E-state index contributed by atoms with van der Waals surface area (Å²) in [5, 5.41) is 4.70. The predicted molar refractivity (Wildman–Crippen MR) is 105 cm³/mol. The Morgan fingerprint density at radius 3 is 1.97 bits per heavy atom. The largest absolute Gasteiger partial charge is 0.446 e. The van der Waals surface area contributed by atoms with Gasteiger partial charge in [0.05, 0.1) is 5.69 Å².